The van der Waals surface area contributed by atoms with Crippen molar-refractivity contribution in [3.8, 4) is 0 Å². The van der Waals surface area contributed by atoms with Gasteiger partial charge in [-0.15, -0.1) is 0 Å². The maximum Gasteiger partial charge on any atom is 0.357 e. The molecule has 158 valence electrons. The highest BCUT2D eigenvalue weighted by molar-refractivity contribution is 14.1. The largest absolute Gasteiger partial charge is 0.476 e. The molecule has 1 saturated heterocycles. The van der Waals surface area contributed by atoms with Gasteiger partial charge >= 0.3 is 5.97 Å². The number of amides is 2. The first-order valence-corrected chi connectivity index (χ1v) is 10.9. The van der Waals surface area contributed by atoms with Gasteiger partial charge in [0.05, 0.1) is 5.52 Å². The summed E-state index contributed by atoms with van der Waals surface area (Å²) in [6, 6.07) is 11.7. The summed E-state index contributed by atoms with van der Waals surface area (Å²) in [7, 11) is 0. The van der Waals surface area contributed by atoms with Crippen molar-refractivity contribution in [1.82, 2.24) is 19.7 Å². The fraction of sp³-hybridized carbons (Fsp3) is 0.286. The predicted molar refractivity (Wildman–Crippen MR) is 119 cm³/mol. The van der Waals surface area contributed by atoms with E-state index >= 15 is 0 Å². The number of benzene rings is 1. The van der Waals surface area contributed by atoms with Crippen LogP contribution in [0.3, 0.4) is 0 Å². The van der Waals surface area contributed by atoms with Crippen LogP contribution >= 0.6 is 22.6 Å². The minimum atomic E-state index is -1.15. The normalized spacial score (nSPS) is 21.7. The van der Waals surface area contributed by atoms with Crippen LogP contribution < -0.4 is 5.32 Å². The molecule has 5 rings (SSSR count). The summed E-state index contributed by atoms with van der Waals surface area (Å²) in [5.74, 6) is -0.868. The van der Waals surface area contributed by atoms with Gasteiger partial charge in [0.15, 0.2) is 5.69 Å². The number of carboxylic acid groups (broad SMARTS) is 1. The number of halogens is 1. The van der Waals surface area contributed by atoms with Gasteiger partial charge in [-0.3, -0.25) is 14.3 Å². The molecule has 1 aromatic carbocycles. The number of hydrogen-bond acceptors (Lipinski definition) is 5. The molecule has 2 aromatic heterocycles. The fourth-order valence-electron chi connectivity index (χ4n) is 4.35. The molecule has 0 spiro atoms. The minimum Gasteiger partial charge on any atom is -0.476 e. The quantitative estimate of drug-likeness (QED) is 0.386. The van der Waals surface area contributed by atoms with Crippen LogP contribution in [0.1, 0.15) is 23.3 Å². The highest BCUT2D eigenvalue weighted by Crippen LogP contribution is 2.48. The number of carbonyl (C=O) groups is 3. The maximum atomic E-state index is 13.2. The van der Waals surface area contributed by atoms with Crippen LogP contribution in [-0.4, -0.2) is 54.6 Å². The van der Waals surface area contributed by atoms with Gasteiger partial charge in [0.1, 0.15) is 22.1 Å². The molecule has 2 amide bonds. The van der Waals surface area contributed by atoms with Crippen LogP contribution in [0.25, 0.3) is 10.9 Å². The number of aromatic carboxylic acids is 1. The van der Waals surface area contributed by atoms with E-state index in [1.54, 1.807) is 35.2 Å². The second-order valence-electron chi connectivity index (χ2n) is 7.78. The minimum absolute atomic E-state index is 0.0490. The van der Waals surface area contributed by atoms with Crippen molar-refractivity contribution >= 4 is 57.1 Å². The third-order valence-electron chi connectivity index (χ3n) is 5.81. The smallest absolute Gasteiger partial charge is 0.357 e. The summed E-state index contributed by atoms with van der Waals surface area (Å²) in [6.45, 7) is -0.123. The summed E-state index contributed by atoms with van der Waals surface area (Å²) >= 11 is 2.07. The molecule has 0 unspecified atom stereocenters. The van der Waals surface area contributed by atoms with E-state index in [4.69, 9.17) is 0 Å². The summed E-state index contributed by atoms with van der Waals surface area (Å²) in [5.41, 5.74) is 0.483. The number of carbonyl (C=O) groups excluding carboxylic acids is 2. The zero-order valence-electron chi connectivity index (χ0n) is 16.2. The van der Waals surface area contributed by atoms with E-state index in [9.17, 15) is 19.5 Å². The Kier molecular flexibility index (Phi) is 4.88. The van der Waals surface area contributed by atoms with Crippen LogP contribution in [-0.2, 0) is 16.1 Å². The van der Waals surface area contributed by atoms with Crippen molar-refractivity contribution in [2.45, 2.75) is 31.5 Å². The number of aromatic nitrogens is 3. The second kappa shape index (κ2) is 7.59. The predicted octanol–water partition coefficient (Wildman–Crippen LogP) is 2.36. The highest BCUT2D eigenvalue weighted by Gasteiger charge is 2.56. The number of fused-ring (bicyclic) bond motifs is 2. The lowest BCUT2D eigenvalue weighted by atomic mass is 10.1. The summed E-state index contributed by atoms with van der Waals surface area (Å²) < 4.78 is 2.17. The lowest BCUT2D eigenvalue weighted by Gasteiger charge is -2.26. The molecule has 0 bridgehead atoms. The van der Waals surface area contributed by atoms with E-state index < -0.39 is 12.0 Å². The Labute approximate surface area is 190 Å². The van der Waals surface area contributed by atoms with Crippen LogP contribution in [0.4, 0.5) is 5.82 Å². The van der Waals surface area contributed by atoms with Gasteiger partial charge in [0, 0.05) is 11.4 Å². The number of para-hydroxylation sites is 1. The highest BCUT2D eigenvalue weighted by atomic mass is 127. The third-order valence-corrected chi connectivity index (χ3v) is 6.41. The van der Waals surface area contributed by atoms with Gasteiger partial charge in [-0.2, -0.15) is 5.10 Å². The third kappa shape index (κ3) is 3.64. The molecular formula is C21H18IN5O4. The van der Waals surface area contributed by atoms with E-state index in [1.165, 1.54) is 4.68 Å². The average molecular weight is 531 g/mol. The van der Waals surface area contributed by atoms with Crippen LogP contribution in [0.2, 0.25) is 0 Å². The lowest BCUT2D eigenvalue weighted by molar-refractivity contribution is -0.138. The molecule has 3 aromatic rings. The van der Waals surface area contributed by atoms with Crippen LogP contribution in [0, 0.1) is 9.62 Å². The second-order valence-corrected chi connectivity index (χ2v) is 8.88. The molecule has 1 aliphatic heterocycles. The lowest BCUT2D eigenvalue weighted by Crippen LogP contribution is -2.46. The van der Waals surface area contributed by atoms with Crippen molar-refractivity contribution in [1.29, 1.82) is 0 Å². The molecule has 2 fully saturated rings. The Morgan fingerprint density at radius 1 is 1.13 bits per heavy atom. The molecule has 31 heavy (non-hydrogen) atoms. The number of piperidine rings is 1. The first-order chi connectivity index (χ1) is 14.9. The molecule has 2 N–H and O–H groups in total. The molecule has 1 saturated carbocycles. The number of rotatable bonds is 5. The van der Waals surface area contributed by atoms with Crippen molar-refractivity contribution in [2.24, 2.45) is 5.92 Å². The van der Waals surface area contributed by atoms with E-state index in [0.29, 0.717) is 29.1 Å². The Morgan fingerprint density at radius 2 is 1.94 bits per heavy atom. The number of pyridine rings is 1. The fourth-order valence-corrected chi connectivity index (χ4v) is 4.82. The number of likely N-dealkylation sites (tertiary alicyclic amines) is 1. The zero-order valence-corrected chi connectivity index (χ0v) is 18.4. The molecule has 1 aliphatic carbocycles. The van der Waals surface area contributed by atoms with Gasteiger partial charge < -0.3 is 15.3 Å². The standard InChI is InChI=1S/C21H18IN5O4/c22-16-6-3-7-17(23-16)24-20(29)15-9-11-8-14(11)27(15)18(28)10-26-13-5-2-1-4-12(13)19(25-26)21(30)31/h1-7,11,14-15H,8-10H2,(H,30,31)(H,23,24,29)/t11-,14-,15+/m1/s1. The topological polar surface area (TPSA) is 117 Å². The van der Waals surface area contributed by atoms with Crippen molar-refractivity contribution in [3.05, 3.63) is 51.9 Å². The van der Waals surface area contributed by atoms with E-state index in [1.807, 2.05) is 12.1 Å². The van der Waals surface area contributed by atoms with E-state index in [2.05, 4.69) is 38.0 Å². The molecule has 3 atom stereocenters. The average Bonchev–Trinajstić information content (AvgIpc) is 3.24. The number of anilines is 1. The zero-order chi connectivity index (χ0) is 21.7. The van der Waals surface area contributed by atoms with Crippen molar-refractivity contribution < 1.29 is 19.5 Å². The first-order valence-electron chi connectivity index (χ1n) is 9.86. The van der Waals surface area contributed by atoms with Gasteiger partial charge in [-0.05, 0) is 59.5 Å². The van der Waals surface area contributed by atoms with Crippen molar-refractivity contribution in [2.75, 3.05) is 5.32 Å². The monoisotopic (exact) mass is 531 g/mol. The summed E-state index contributed by atoms with van der Waals surface area (Å²) in [5, 5.41) is 16.9. The summed E-state index contributed by atoms with van der Waals surface area (Å²) in [4.78, 5) is 43.6. The van der Waals surface area contributed by atoms with Gasteiger partial charge in [0.25, 0.3) is 0 Å². The summed E-state index contributed by atoms with van der Waals surface area (Å²) in [6.07, 6.45) is 1.50. The molecule has 9 nitrogen and oxygen atoms in total. The molecule has 2 aliphatic rings. The maximum absolute atomic E-state index is 13.2. The number of hydrogen-bond donors (Lipinski definition) is 2. The Balaban J connectivity index is 1.38. The molecule has 3 heterocycles. The van der Waals surface area contributed by atoms with E-state index in [0.717, 1.165) is 10.1 Å². The number of nitrogens with zero attached hydrogens (tertiary/aromatic N) is 4. The molecule has 0 radical (unpaired) electrons. The van der Waals surface area contributed by atoms with Crippen LogP contribution in [0.15, 0.2) is 42.5 Å². The van der Waals surface area contributed by atoms with Gasteiger partial charge in [0.2, 0.25) is 11.8 Å². The van der Waals surface area contributed by atoms with Gasteiger partial charge in [-0.25, -0.2) is 9.78 Å². The molecule has 10 heteroatoms. The van der Waals surface area contributed by atoms with Gasteiger partial charge in [-0.1, -0.05) is 24.3 Å². The van der Waals surface area contributed by atoms with Crippen molar-refractivity contribution in [3.63, 3.8) is 0 Å². The Bertz CT molecular complexity index is 1230. The Morgan fingerprint density at radius 3 is 2.71 bits per heavy atom. The molecular weight excluding hydrogens is 513 g/mol. The Hall–Kier alpha value is -3.02. The van der Waals surface area contributed by atoms with E-state index in [-0.39, 0.29) is 30.1 Å². The SMILES string of the molecule is O=C(O)c1nn(CC(=O)N2[C@@H]3C[C@@H]3C[C@H]2C(=O)Nc2cccc(I)n2)c2ccccc12. The number of nitrogens with one attached hydrogen (secondary N) is 1. The number of carboxylic acids is 1. The first kappa shape index (κ1) is 19.9. The van der Waals surface area contributed by atoms with Crippen LogP contribution in [0.5, 0.6) is 0 Å².